The van der Waals surface area contributed by atoms with Gasteiger partial charge in [0.1, 0.15) is 5.69 Å². The van der Waals surface area contributed by atoms with Crippen LogP contribution in [0.25, 0.3) is 5.69 Å². The minimum absolute atomic E-state index is 0.215. The summed E-state index contributed by atoms with van der Waals surface area (Å²) in [6.07, 6.45) is 3.81. The molecule has 3 aromatic rings. The predicted molar refractivity (Wildman–Crippen MR) is 85.6 cm³/mol. The molecule has 0 aliphatic carbocycles. The van der Waals surface area contributed by atoms with Crippen LogP contribution < -0.4 is 4.74 Å². The van der Waals surface area contributed by atoms with Crippen molar-refractivity contribution in [1.29, 1.82) is 0 Å². The first-order chi connectivity index (χ1) is 11.0. The zero-order chi connectivity index (χ0) is 16.4. The number of esters is 1. The molecule has 118 valence electrons. The molecular weight excluding hydrogens is 292 g/mol. The third-order valence-electron chi connectivity index (χ3n) is 3.71. The maximum Gasteiger partial charge on any atom is 0.315 e. The number of rotatable bonds is 4. The number of aryl methyl sites for hydroxylation is 2. The highest BCUT2D eigenvalue weighted by atomic mass is 16.5. The fraction of sp³-hybridized carbons (Fsp3) is 0.235. The van der Waals surface area contributed by atoms with E-state index >= 15 is 0 Å². The van der Waals surface area contributed by atoms with Crippen LogP contribution >= 0.6 is 0 Å². The Morgan fingerprint density at radius 2 is 1.96 bits per heavy atom. The minimum atomic E-state index is -0.295. The summed E-state index contributed by atoms with van der Waals surface area (Å²) in [7, 11) is 1.83. The van der Waals surface area contributed by atoms with Gasteiger partial charge in [0.05, 0.1) is 17.8 Å². The van der Waals surface area contributed by atoms with Gasteiger partial charge in [-0.05, 0) is 37.6 Å². The SMILES string of the molecule is Cc1nn(C)c(C)c1OC(=O)Cc1ccc(-n2cccn2)cc1. The van der Waals surface area contributed by atoms with E-state index in [1.807, 2.05) is 57.4 Å². The Kier molecular flexibility index (Phi) is 3.97. The van der Waals surface area contributed by atoms with E-state index in [9.17, 15) is 4.79 Å². The molecular formula is C17H18N4O2. The second-order valence-corrected chi connectivity index (χ2v) is 5.39. The molecule has 1 aromatic carbocycles. The van der Waals surface area contributed by atoms with Crippen molar-refractivity contribution in [3.8, 4) is 11.4 Å². The maximum atomic E-state index is 12.1. The van der Waals surface area contributed by atoms with Gasteiger partial charge in [-0.15, -0.1) is 0 Å². The lowest BCUT2D eigenvalue weighted by Crippen LogP contribution is -2.12. The number of benzene rings is 1. The fourth-order valence-electron chi connectivity index (χ4n) is 2.41. The second-order valence-electron chi connectivity index (χ2n) is 5.39. The van der Waals surface area contributed by atoms with Gasteiger partial charge in [0.15, 0.2) is 5.75 Å². The molecule has 0 saturated carbocycles. The third kappa shape index (κ3) is 3.15. The summed E-state index contributed by atoms with van der Waals surface area (Å²) in [5, 5.41) is 8.41. The van der Waals surface area contributed by atoms with Crippen LogP contribution in [-0.2, 0) is 18.3 Å². The predicted octanol–water partition coefficient (Wildman–Crippen LogP) is 2.37. The summed E-state index contributed by atoms with van der Waals surface area (Å²) in [6.45, 7) is 3.70. The van der Waals surface area contributed by atoms with Crippen molar-refractivity contribution in [3.63, 3.8) is 0 Å². The molecule has 3 rings (SSSR count). The number of hydrogen-bond acceptors (Lipinski definition) is 4. The lowest BCUT2D eigenvalue weighted by atomic mass is 10.1. The Hall–Kier alpha value is -2.89. The van der Waals surface area contributed by atoms with Crippen LogP contribution in [0.15, 0.2) is 42.7 Å². The van der Waals surface area contributed by atoms with E-state index in [4.69, 9.17) is 4.74 Å². The van der Waals surface area contributed by atoms with Crippen LogP contribution in [0, 0.1) is 13.8 Å². The Bertz CT molecular complexity index is 817. The molecule has 0 amide bonds. The van der Waals surface area contributed by atoms with E-state index < -0.39 is 0 Å². The summed E-state index contributed by atoms with van der Waals surface area (Å²) < 4.78 is 8.94. The molecule has 0 aliphatic heterocycles. The fourth-order valence-corrected chi connectivity index (χ4v) is 2.41. The molecule has 0 atom stereocenters. The largest absolute Gasteiger partial charge is 0.422 e. The lowest BCUT2D eigenvalue weighted by molar-refractivity contribution is -0.133. The van der Waals surface area contributed by atoms with E-state index in [1.54, 1.807) is 15.6 Å². The Morgan fingerprint density at radius 3 is 2.52 bits per heavy atom. The number of nitrogens with zero attached hydrogens (tertiary/aromatic N) is 4. The van der Waals surface area contributed by atoms with Crippen molar-refractivity contribution in [2.75, 3.05) is 0 Å². The molecule has 2 heterocycles. The molecule has 0 radical (unpaired) electrons. The molecule has 0 fully saturated rings. The number of carbonyl (C=O) groups is 1. The zero-order valence-electron chi connectivity index (χ0n) is 13.4. The molecule has 0 unspecified atom stereocenters. The van der Waals surface area contributed by atoms with Crippen molar-refractivity contribution in [2.24, 2.45) is 7.05 Å². The van der Waals surface area contributed by atoms with Gasteiger partial charge in [-0.2, -0.15) is 10.2 Å². The molecule has 0 aliphatic rings. The second kappa shape index (κ2) is 6.08. The van der Waals surface area contributed by atoms with Crippen molar-refractivity contribution >= 4 is 5.97 Å². The summed E-state index contributed by atoms with van der Waals surface area (Å²) in [4.78, 5) is 12.1. The number of carbonyl (C=O) groups excluding carboxylic acids is 1. The highest BCUT2D eigenvalue weighted by Crippen LogP contribution is 2.22. The van der Waals surface area contributed by atoms with Gasteiger partial charge in [0.25, 0.3) is 0 Å². The van der Waals surface area contributed by atoms with Gasteiger partial charge in [-0.3, -0.25) is 9.48 Å². The number of hydrogen-bond donors (Lipinski definition) is 0. The van der Waals surface area contributed by atoms with E-state index in [0.717, 1.165) is 16.9 Å². The van der Waals surface area contributed by atoms with Gasteiger partial charge in [-0.1, -0.05) is 12.1 Å². The number of ether oxygens (including phenoxy) is 1. The van der Waals surface area contributed by atoms with Crippen molar-refractivity contribution in [3.05, 3.63) is 59.7 Å². The van der Waals surface area contributed by atoms with Crippen LogP contribution in [0.3, 0.4) is 0 Å². The lowest BCUT2D eigenvalue weighted by Gasteiger charge is -2.06. The highest BCUT2D eigenvalue weighted by molar-refractivity contribution is 5.75. The average molecular weight is 310 g/mol. The summed E-state index contributed by atoms with van der Waals surface area (Å²) in [6, 6.07) is 9.53. The van der Waals surface area contributed by atoms with Gasteiger partial charge in [-0.25, -0.2) is 4.68 Å². The molecule has 6 heteroatoms. The summed E-state index contributed by atoms with van der Waals surface area (Å²) >= 11 is 0. The Balaban J connectivity index is 1.68. The standard InChI is InChI=1S/C17H18N4O2/c1-12-17(13(2)20(3)19-12)23-16(22)11-14-5-7-15(8-6-14)21-10-4-9-18-21/h4-10H,11H2,1-3H3. The molecule has 2 aromatic heterocycles. The van der Waals surface area contributed by atoms with Crippen LogP contribution in [0.1, 0.15) is 17.0 Å². The molecule has 0 spiro atoms. The van der Waals surface area contributed by atoms with Crippen molar-refractivity contribution in [1.82, 2.24) is 19.6 Å². The maximum absolute atomic E-state index is 12.1. The van der Waals surface area contributed by atoms with Crippen molar-refractivity contribution in [2.45, 2.75) is 20.3 Å². The highest BCUT2D eigenvalue weighted by Gasteiger charge is 2.15. The van der Waals surface area contributed by atoms with Crippen LogP contribution in [0.4, 0.5) is 0 Å². The van der Waals surface area contributed by atoms with E-state index in [1.165, 1.54) is 0 Å². The zero-order valence-corrected chi connectivity index (χ0v) is 13.4. The quantitative estimate of drug-likeness (QED) is 0.694. The minimum Gasteiger partial charge on any atom is -0.422 e. The van der Waals surface area contributed by atoms with Gasteiger partial charge >= 0.3 is 5.97 Å². The molecule has 0 saturated heterocycles. The summed E-state index contributed by atoms with van der Waals surface area (Å²) in [5.74, 6) is 0.252. The molecule has 23 heavy (non-hydrogen) atoms. The normalized spacial score (nSPS) is 10.7. The first-order valence-corrected chi connectivity index (χ1v) is 7.34. The molecule has 0 bridgehead atoms. The number of aromatic nitrogens is 4. The molecule has 6 nitrogen and oxygen atoms in total. The van der Waals surface area contributed by atoms with E-state index in [-0.39, 0.29) is 12.4 Å². The van der Waals surface area contributed by atoms with Crippen LogP contribution in [0.2, 0.25) is 0 Å². The summed E-state index contributed by atoms with van der Waals surface area (Å²) in [5.41, 5.74) is 3.40. The van der Waals surface area contributed by atoms with Gasteiger partial charge in [0.2, 0.25) is 0 Å². The third-order valence-corrected chi connectivity index (χ3v) is 3.71. The van der Waals surface area contributed by atoms with E-state index in [0.29, 0.717) is 11.4 Å². The van der Waals surface area contributed by atoms with E-state index in [2.05, 4.69) is 10.2 Å². The Morgan fingerprint density at radius 1 is 1.22 bits per heavy atom. The first kappa shape index (κ1) is 15.0. The smallest absolute Gasteiger partial charge is 0.315 e. The van der Waals surface area contributed by atoms with Crippen LogP contribution in [-0.4, -0.2) is 25.5 Å². The van der Waals surface area contributed by atoms with Crippen molar-refractivity contribution < 1.29 is 9.53 Å². The van der Waals surface area contributed by atoms with Gasteiger partial charge < -0.3 is 4.74 Å². The monoisotopic (exact) mass is 310 g/mol. The topological polar surface area (TPSA) is 61.9 Å². The van der Waals surface area contributed by atoms with Gasteiger partial charge in [0, 0.05) is 19.4 Å². The molecule has 0 N–H and O–H groups in total. The Labute approximate surface area is 134 Å². The average Bonchev–Trinajstić information content (AvgIpc) is 3.13. The van der Waals surface area contributed by atoms with Crippen LogP contribution in [0.5, 0.6) is 5.75 Å². The first-order valence-electron chi connectivity index (χ1n) is 7.34.